The molecule has 3 N–H and O–H groups in total. The van der Waals surface area contributed by atoms with E-state index in [0.717, 1.165) is 44.1 Å². The Morgan fingerprint density at radius 3 is 2.42 bits per heavy atom. The van der Waals surface area contributed by atoms with Gasteiger partial charge in [-0.05, 0) is 43.9 Å². The number of aldehydes is 1. The zero-order chi connectivity index (χ0) is 36.4. The molecule has 4 rings (SSSR count). The van der Waals surface area contributed by atoms with E-state index in [4.69, 9.17) is 41.6 Å². The van der Waals surface area contributed by atoms with Gasteiger partial charge in [0.15, 0.2) is 0 Å². The molecule has 2 atom stereocenters. The second kappa shape index (κ2) is 17.6. The zero-order valence-corrected chi connectivity index (χ0v) is 30.8. The number of amides is 1. The van der Waals surface area contributed by atoms with Crippen LogP contribution >= 0.6 is 22.9 Å². The van der Waals surface area contributed by atoms with Crippen molar-refractivity contribution >= 4 is 57.5 Å². The van der Waals surface area contributed by atoms with E-state index in [2.05, 4.69) is 22.3 Å². The lowest BCUT2D eigenvalue weighted by molar-refractivity contribution is -0.130. The molecule has 14 heteroatoms. The third-order valence-corrected chi connectivity index (χ3v) is 9.21. The standard InChI is InChI=1S/C36H44ClN7O5S/c1-23-29(50-35-32(23)33(27-8-10-28(37)11-9-27)41-24(2)34(39)44(35)25(3)38)12-7-26-19-40-43(20-26)13-14-47-15-16-48-17-18-49-22-31(46)42-30(21-45)36(4,5)6/h8-11,19-21,24,30,38-39H,13-18,22H2,1-6H3,(H,42,46)/t24-,30?/m0/s1. The van der Waals surface area contributed by atoms with Crippen molar-refractivity contribution in [1.29, 1.82) is 10.8 Å². The van der Waals surface area contributed by atoms with Crippen LogP contribution in [0.15, 0.2) is 41.7 Å². The summed E-state index contributed by atoms with van der Waals surface area (Å²) >= 11 is 7.61. The van der Waals surface area contributed by atoms with Crippen molar-refractivity contribution in [1.82, 2.24) is 15.1 Å². The number of anilines is 1. The van der Waals surface area contributed by atoms with Crippen molar-refractivity contribution in [3.05, 3.63) is 68.8 Å². The van der Waals surface area contributed by atoms with Crippen LogP contribution in [0, 0.1) is 35.0 Å². The minimum Gasteiger partial charge on any atom is -0.377 e. The second-order valence-electron chi connectivity index (χ2n) is 12.8. The molecule has 266 valence electrons. The highest BCUT2D eigenvalue weighted by Crippen LogP contribution is 2.40. The number of thiophene rings is 1. The van der Waals surface area contributed by atoms with Crippen molar-refractivity contribution in [2.24, 2.45) is 10.4 Å². The maximum Gasteiger partial charge on any atom is 0.246 e. The molecule has 0 radical (unpaired) electrons. The smallest absolute Gasteiger partial charge is 0.246 e. The maximum absolute atomic E-state index is 12.0. The summed E-state index contributed by atoms with van der Waals surface area (Å²) in [5.41, 5.74) is 3.81. The summed E-state index contributed by atoms with van der Waals surface area (Å²) in [7, 11) is 0. The van der Waals surface area contributed by atoms with Crippen molar-refractivity contribution in [2.45, 2.75) is 60.2 Å². The number of amidine groups is 2. The molecule has 0 fully saturated rings. The molecule has 1 aliphatic heterocycles. The monoisotopic (exact) mass is 721 g/mol. The fourth-order valence-corrected chi connectivity index (χ4v) is 6.30. The third-order valence-electron chi connectivity index (χ3n) is 7.76. The van der Waals surface area contributed by atoms with E-state index in [1.54, 1.807) is 22.7 Å². The predicted molar refractivity (Wildman–Crippen MR) is 197 cm³/mol. The van der Waals surface area contributed by atoms with Crippen LogP contribution in [0.4, 0.5) is 5.00 Å². The average molecular weight is 722 g/mol. The summed E-state index contributed by atoms with van der Waals surface area (Å²) in [6.45, 7) is 13.3. The fraction of sp³-hybridized carbons (Fsp3) is 0.444. The Hall–Kier alpha value is -4.19. The zero-order valence-electron chi connectivity index (χ0n) is 29.3. The summed E-state index contributed by atoms with van der Waals surface area (Å²) in [5.74, 6) is 6.64. The van der Waals surface area contributed by atoms with Gasteiger partial charge in [0, 0.05) is 22.3 Å². The number of halogens is 1. The van der Waals surface area contributed by atoms with Gasteiger partial charge in [-0.3, -0.25) is 30.2 Å². The van der Waals surface area contributed by atoms with Gasteiger partial charge in [0.2, 0.25) is 5.91 Å². The molecule has 1 aromatic carbocycles. The summed E-state index contributed by atoms with van der Waals surface area (Å²) in [4.78, 5) is 30.5. The Morgan fingerprint density at radius 1 is 1.12 bits per heavy atom. The van der Waals surface area contributed by atoms with E-state index in [1.165, 1.54) is 11.3 Å². The number of nitrogens with zero attached hydrogens (tertiary/aromatic N) is 4. The fourth-order valence-electron chi connectivity index (χ4n) is 4.94. The van der Waals surface area contributed by atoms with Crippen LogP contribution in [0.5, 0.6) is 0 Å². The van der Waals surface area contributed by atoms with Crippen LogP contribution in [-0.4, -0.2) is 91.1 Å². The quantitative estimate of drug-likeness (QED) is 0.0688. The highest BCUT2D eigenvalue weighted by Gasteiger charge is 2.32. The van der Waals surface area contributed by atoms with Crippen LogP contribution in [0.3, 0.4) is 0 Å². The summed E-state index contributed by atoms with van der Waals surface area (Å²) < 4.78 is 18.3. The number of fused-ring (bicyclic) bond motifs is 1. The minimum atomic E-state index is -0.572. The topological polar surface area (TPSA) is 155 Å². The first-order valence-electron chi connectivity index (χ1n) is 16.2. The van der Waals surface area contributed by atoms with Gasteiger partial charge in [-0.25, -0.2) is 0 Å². The van der Waals surface area contributed by atoms with Crippen LogP contribution in [0.2, 0.25) is 5.02 Å². The minimum absolute atomic E-state index is 0.139. The molecule has 3 heterocycles. The number of ether oxygens (including phenoxy) is 3. The first kappa shape index (κ1) is 38.6. The average Bonchev–Trinajstić information content (AvgIpc) is 3.62. The van der Waals surface area contributed by atoms with Gasteiger partial charge in [-0.1, -0.05) is 56.3 Å². The summed E-state index contributed by atoms with van der Waals surface area (Å²) in [5, 5.41) is 25.7. The van der Waals surface area contributed by atoms with Gasteiger partial charge >= 0.3 is 0 Å². The number of hydrogen-bond acceptors (Lipinski definition) is 10. The molecule has 3 aromatic rings. The maximum atomic E-state index is 12.0. The molecule has 0 saturated heterocycles. The Kier molecular flexibility index (Phi) is 13.6. The first-order chi connectivity index (χ1) is 23.8. The molecule has 0 spiro atoms. The van der Waals surface area contributed by atoms with E-state index in [-0.39, 0.29) is 36.2 Å². The Labute approximate surface area is 302 Å². The number of benzene rings is 1. The van der Waals surface area contributed by atoms with Gasteiger partial charge in [-0.15, -0.1) is 11.3 Å². The van der Waals surface area contributed by atoms with Gasteiger partial charge in [0.05, 0.1) is 68.0 Å². The molecule has 12 nitrogen and oxygen atoms in total. The van der Waals surface area contributed by atoms with Crippen LogP contribution < -0.4 is 10.2 Å². The molecule has 1 amide bonds. The molecule has 1 unspecified atom stereocenters. The highest BCUT2D eigenvalue weighted by molar-refractivity contribution is 7.17. The Morgan fingerprint density at radius 2 is 1.78 bits per heavy atom. The number of carbonyl (C=O) groups excluding carboxylic acids is 2. The number of nitrogens with one attached hydrogen (secondary N) is 3. The van der Waals surface area contributed by atoms with Crippen LogP contribution in [-0.2, 0) is 30.3 Å². The molecular formula is C36H44ClN7O5S. The number of carbonyl (C=O) groups is 2. The van der Waals surface area contributed by atoms with E-state index < -0.39 is 12.1 Å². The van der Waals surface area contributed by atoms with E-state index in [0.29, 0.717) is 38.0 Å². The third kappa shape index (κ3) is 10.2. The van der Waals surface area contributed by atoms with Gasteiger partial charge in [-0.2, -0.15) is 5.10 Å². The van der Waals surface area contributed by atoms with Gasteiger partial charge in [0.1, 0.15) is 35.6 Å². The lowest BCUT2D eigenvalue weighted by Crippen LogP contribution is -2.46. The van der Waals surface area contributed by atoms with E-state index in [1.807, 2.05) is 65.1 Å². The Bertz CT molecular complexity index is 1780. The molecule has 0 saturated carbocycles. The normalized spacial score (nSPS) is 15.0. The van der Waals surface area contributed by atoms with Crippen molar-refractivity contribution in [2.75, 3.05) is 44.5 Å². The lowest BCUT2D eigenvalue weighted by atomic mass is 9.88. The lowest BCUT2D eigenvalue weighted by Gasteiger charge is -2.26. The summed E-state index contributed by atoms with van der Waals surface area (Å²) in [6.07, 6.45) is 4.30. The first-order valence-corrected chi connectivity index (χ1v) is 17.4. The van der Waals surface area contributed by atoms with E-state index >= 15 is 0 Å². The molecule has 50 heavy (non-hydrogen) atoms. The number of rotatable bonds is 14. The Balaban J connectivity index is 1.27. The van der Waals surface area contributed by atoms with Crippen molar-refractivity contribution in [3.8, 4) is 11.8 Å². The van der Waals surface area contributed by atoms with E-state index in [9.17, 15) is 9.59 Å². The van der Waals surface area contributed by atoms with Crippen LogP contribution in [0.1, 0.15) is 61.7 Å². The molecule has 0 bridgehead atoms. The molecular weight excluding hydrogens is 678 g/mol. The number of hydrogen-bond donors (Lipinski definition) is 3. The number of aromatic nitrogens is 2. The molecule has 1 aliphatic rings. The SMILES string of the molecule is CC(=N)N1C(=N)[C@H](C)N=C(c2ccc(Cl)cc2)c2c1sc(C#Cc1cnn(CCOCCOCCOCC(=O)NC(C=O)C(C)(C)C)c1)c2C. The van der Waals surface area contributed by atoms with Crippen molar-refractivity contribution < 1.29 is 23.8 Å². The van der Waals surface area contributed by atoms with Crippen molar-refractivity contribution in [3.63, 3.8) is 0 Å². The second-order valence-corrected chi connectivity index (χ2v) is 14.2. The van der Waals surface area contributed by atoms with Gasteiger partial charge in [0.25, 0.3) is 0 Å². The van der Waals surface area contributed by atoms with Crippen LogP contribution in [0.25, 0.3) is 0 Å². The molecule has 0 aliphatic carbocycles. The predicted octanol–water partition coefficient (Wildman–Crippen LogP) is 5.11. The summed E-state index contributed by atoms with van der Waals surface area (Å²) in [6, 6.07) is 6.47. The van der Waals surface area contributed by atoms with Gasteiger partial charge < -0.3 is 24.3 Å². The molecule has 2 aromatic heterocycles. The largest absolute Gasteiger partial charge is 0.377 e. The number of aliphatic imine (C=N–C) groups is 1. The highest BCUT2D eigenvalue weighted by atomic mass is 35.5.